The Hall–Kier alpha value is -3.28. The van der Waals surface area contributed by atoms with E-state index in [2.05, 4.69) is 21.2 Å². The van der Waals surface area contributed by atoms with Crippen molar-refractivity contribution in [3.63, 3.8) is 0 Å². The monoisotopic (exact) mass is 624 g/mol. The molecular weight excluding hydrogens is 609 g/mol. The summed E-state index contributed by atoms with van der Waals surface area (Å²) in [6, 6.07) is 16.4. The second-order valence-electron chi connectivity index (χ2n) is 8.00. The van der Waals surface area contributed by atoms with E-state index in [0.717, 1.165) is 28.7 Å². The van der Waals surface area contributed by atoms with Crippen LogP contribution in [0.3, 0.4) is 0 Å². The molecule has 0 aromatic heterocycles. The van der Waals surface area contributed by atoms with Gasteiger partial charge >= 0.3 is 6.18 Å². The lowest BCUT2D eigenvalue weighted by atomic mass is 10.2. The van der Waals surface area contributed by atoms with Gasteiger partial charge in [0.05, 0.1) is 14.9 Å². The summed E-state index contributed by atoms with van der Waals surface area (Å²) in [4.78, 5) is 38.3. The molecule has 0 atom stereocenters. The van der Waals surface area contributed by atoms with Crippen LogP contribution in [0, 0.1) is 0 Å². The van der Waals surface area contributed by atoms with Gasteiger partial charge in [0.15, 0.2) is 0 Å². The molecule has 0 spiro atoms. The summed E-state index contributed by atoms with van der Waals surface area (Å²) in [5.41, 5.74) is 0.498. The van der Waals surface area contributed by atoms with E-state index in [0.29, 0.717) is 39.2 Å². The fraction of sp³-hybridized carbons (Fsp3) is 0.115. The molecule has 3 amide bonds. The van der Waals surface area contributed by atoms with Crippen LogP contribution < -0.4 is 10.1 Å². The summed E-state index contributed by atoms with van der Waals surface area (Å²) < 4.78 is 45.1. The molecule has 38 heavy (non-hydrogen) atoms. The van der Waals surface area contributed by atoms with Crippen LogP contribution in [-0.2, 0) is 22.4 Å². The second-order valence-corrected chi connectivity index (χ2v) is 10.3. The Bertz CT molecular complexity index is 1430. The van der Waals surface area contributed by atoms with E-state index >= 15 is 0 Å². The maximum atomic E-state index is 12.9. The maximum absolute atomic E-state index is 12.9. The number of amides is 3. The summed E-state index contributed by atoms with van der Waals surface area (Å²) in [7, 11) is 0. The van der Waals surface area contributed by atoms with Gasteiger partial charge in [-0.3, -0.25) is 19.3 Å². The van der Waals surface area contributed by atoms with E-state index in [1.165, 1.54) is 12.1 Å². The Morgan fingerprint density at radius 3 is 2.50 bits per heavy atom. The summed E-state index contributed by atoms with van der Waals surface area (Å²) in [6.07, 6.45) is -3.07. The highest BCUT2D eigenvalue weighted by molar-refractivity contribution is 9.10. The van der Waals surface area contributed by atoms with E-state index < -0.39 is 35.3 Å². The second kappa shape index (κ2) is 11.6. The van der Waals surface area contributed by atoms with Gasteiger partial charge in [0.2, 0.25) is 5.91 Å². The molecular formula is C26H17BrClF3N2O4S. The smallest absolute Gasteiger partial charge is 0.416 e. The number of rotatable bonds is 7. The van der Waals surface area contributed by atoms with Gasteiger partial charge in [-0.25, -0.2) is 0 Å². The number of carbonyl (C=O) groups is 3. The lowest BCUT2D eigenvalue weighted by Crippen LogP contribution is -2.36. The van der Waals surface area contributed by atoms with Crippen molar-refractivity contribution in [2.24, 2.45) is 0 Å². The fourth-order valence-electron chi connectivity index (χ4n) is 3.37. The third kappa shape index (κ3) is 6.97. The van der Waals surface area contributed by atoms with E-state index in [1.807, 2.05) is 12.1 Å². The van der Waals surface area contributed by atoms with Crippen molar-refractivity contribution in [1.29, 1.82) is 0 Å². The molecule has 6 nitrogen and oxygen atoms in total. The third-order valence-corrected chi connectivity index (χ3v) is 6.99. The number of carbonyl (C=O) groups excluding carboxylic acids is 3. The van der Waals surface area contributed by atoms with Crippen molar-refractivity contribution in [1.82, 2.24) is 4.90 Å². The summed E-state index contributed by atoms with van der Waals surface area (Å²) in [5, 5.41) is 2.25. The minimum absolute atomic E-state index is 0.101. The Morgan fingerprint density at radius 2 is 1.82 bits per heavy atom. The number of nitrogens with zero attached hydrogens (tertiary/aromatic N) is 1. The van der Waals surface area contributed by atoms with Gasteiger partial charge in [-0.1, -0.05) is 35.9 Å². The molecule has 0 unspecified atom stereocenters. The van der Waals surface area contributed by atoms with Gasteiger partial charge in [0, 0.05) is 10.7 Å². The maximum Gasteiger partial charge on any atom is 0.416 e. The van der Waals surface area contributed by atoms with Gasteiger partial charge in [0.1, 0.15) is 18.9 Å². The van der Waals surface area contributed by atoms with Crippen LogP contribution in [0.4, 0.5) is 23.7 Å². The Balaban J connectivity index is 1.39. The number of hydrogen-bond donors (Lipinski definition) is 1. The highest BCUT2D eigenvalue weighted by Gasteiger charge is 2.36. The van der Waals surface area contributed by atoms with E-state index in [1.54, 1.807) is 30.3 Å². The Labute approximate surface area is 232 Å². The lowest BCUT2D eigenvalue weighted by molar-refractivity contribution is -0.137. The minimum Gasteiger partial charge on any atom is -0.488 e. The summed E-state index contributed by atoms with van der Waals surface area (Å²) in [6.45, 7) is -0.323. The van der Waals surface area contributed by atoms with Gasteiger partial charge in [-0.05, 0) is 87.4 Å². The van der Waals surface area contributed by atoms with Gasteiger partial charge in [0.25, 0.3) is 11.1 Å². The molecule has 1 N–H and O–H groups in total. The predicted molar refractivity (Wildman–Crippen MR) is 143 cm³/mol. The van der Waals surface area contributed by atoms with Crippen LogP contribution in [0.2, 0.25) is 5.02 Å². The first-order valence-corrected chi connectivity index (χ1v) is 12.9. The average Bonchev–Trinajstić information content (AvgIpc) is 3.11. The number of benzene rings is 3. The van der Waals surface area contributed by atoms with Crippen LogP contribution in [0.1, 0.15) is 16.7 Å². The van der Waals surface area contributed by atoms with Crippen LogP contribution >= 0.6 is 39.3 Å². The largest absolute Gasteiger partial charge is 0.488 e. The van der Waals surface area contributed by atoms with Gasteiger partial charge in [-0.2, -0.15) is 13.2 Å². The topological polar surface area (TPSA) is 75.7 Å². The van der Waals surface area contributed by atoms with Crippen molar-refractivity contribution >= 4 is 68.1 Å². The van der Waals surface area contributed by atoms with Gasteiger partial charge in [-0.15, -0.1) is 0 Å². The Kier molecular flexibility index (Phi) is 8.49. The predicted octanol–water partition coefficient (Wildman–Crippen LogP) is 7.38. The first kappa shape index (κ1) is 27.7. The molecule has 1 aliphatic rings. The fourth-order valence-corrected chi connectivity index (χ4v) is 4.85. The molecule has 1 saturated heterocycles. The molecule has 0 bridgehead atoms. The van der Waals surface area contributed by atoms with E-state index in [4.69, 9.17) is 16.3 Å². The number of ether oxygens (including phenoxy) is 1. The SMILES string of the molecule is O=C(CN1C(=O)S/C(=C\c2ccc(OCc3ccc(Cl)cc3)c(Br)c2)C1=O)Nc1cccc(C(F)(F)F)c1. The first-order valence-electron chi connectivity index (χ1n) is 10.9. The van der Waals surface area contributed by atoms with Crippen LogP contribution in [0.15, 0.2) is 76.1 Å². The summed E-state index contributed by atoms with van der Waals surface area (Å²) in [5.74, 6) is -0.923. The highest BCUT2D eigenvalue weighted by Crippen LogP contribution is 2.34. The molecule has 12 heteroatoms. The van der Waals surface area contributed by atoms with Gasteiger partial charge < -0.3 is 10.1 Å². The van der Waals surface area contributed by atoms with Crippen LogP contribution in [-0.4, -0.2) is 28.5 Å². The van der Waals surface area contributed by atoms with Crippen molar-refractivity contribution in [2.45, 2.75) is 12.8 Å². The molecule has 0 aliphatic carbocycles. The van der Waals surface area contributed by atoms with Crippen LogP contribution in [0.5, 0.6) is 5.75 Å². The molecule has 0 radical (unpaired) electrons. The zero-order valence-corrected chi connectivity index (χ0v) is 22.4. The normalized spacial score (nSPS) is 14.8. The van der Waals surface area contributed by atoms with E-state index in [-0.39, 0.29) is 10.6 Å². The number of hydrogen-bond acceptors (Lipinski definition) is 5. The lowest BCUT2D eigenvalue weighted by Gasteiger charge is -2.13. The quantitative estimate of drug-likeness (QED) is 0.278. The van der Waals surface area contributed by atoms with Crippen LogP contribution in [0.25, 0.3) is 6.08 Å². The van der Waals surface area contributed by atoms with Crippen molar-refractivity contribution < 1.29 is 32.3 Å². The van der Waals surface area contributed by atoms with Crippen molar-refractivity contribution in [3.8, 4) is 5.75 Å². The molecule has 1 heterocycles. The number of halogens is 5. The standard InChI is InChI=1S/C26H17BrClF3N2O4S/c27-20-10-16(6-9-21(20)37-14-15-4-7-18(28)8-5-15)11-22-24(35)33(25(36)38-22)13-23(34)32-19-3-1-2-17(12-19)26(29,30)31/h1-12H,13-14H2,(H,32,34)/b22-11-. The summed E-state index contributed by atoms with van der Waals surface area (Å²) >= 11 is 9.98. The molecule has 196 valence electrons. The Morgan fingerprint density at radius 1 is 1.08 bits per heavy atom. The zero-order chi connectivity index (χ0) is 27.4. The number of nitrogens with one attached hydrogen (secondary N) is 1. The number of anilines is 1. The van der Waals surface area contributed by atoms with Crippen molar-refractivity contribution in [3.05, 3.63) is 97.8 Å². The number of thioether (sulfide) groups is 1. The number of imide groups is 1. The molecule has 3 aromatic rings. The minimum atomic E-state index is -4.58. The highest BCUT2D eigenvalue weighted by atomic mass is 79.9. The molecule has 1 fully saturated rings. The molecule has 0 saturated carbocycles. The molecule has 1 aliphatic heterocycles. The third-order valence-electron chi connectivity index (χ3n) is 5.21. The zero-order valence-electron chi connectivity index (χ0n) is 19.2. The average molecular weight is 626 g/mol. The van der Waals surface area contributed by atoms with Crippen molar-refractivity contribution in [2.75, 3.05) is 11.9 Å². The first-order chi connectivity index (χ1) is 18.0. The molecule has 4 rings (SSSR count). The van der Waals surface area contributed by atoms with E-state index in [9.17, 15) is 27.6 Å². The number of alkyl halides is 3. The molecule has 3 aromatic carbocycles.